The summed E-state index contributed by atoms with van der Waals surface area (Å²) < 4.78 is 4.64. The fraction of sp³-hybridized carbons (Fsp3) is 0.533. The van der Waals surface area contributed by atoms with Crippen molar-refractivity contribution in [1.29, 1.82) is 0 Å². The second-order valence-corrected chi connectivity index (χ2v) is 7.00. The minimum atomic E-state index is -0.0447. The number of halogens is 1. The molecule has 3 atom stereocenters. The molecule has 0 spiro atoms. The molecule has 0 aromatic carbocycles. The van der Waals surface area contributed by atoms with Crippen LogP contribution in [0.2, 0.25) is 0 Å². The molecule has 1 aliphatic rings. The molecule has 0 unspecified atom stereocenters. The van der Waals surface area contributed by atoms with Crippen molar-refractivity contribution >= 4 is 21.8 Å². The molecule has 7 nitrogen and oxygen atoms in total. The van der Waals surface area contributed by atoms with Crippen LogP contribution in [0.15, 0.2) is 29.3 Å². The quantitative estimate of drug-likeness (QED) is 0.821. The summed E-state index contributed by atoms with van der Waals surface area (Å²) >= 11 is 3.41. The van der Waals surface area contributed by atoms with Crippen molar-refractivity contribution in [3.63, 3.8) is 0 Å². The van der Waals surface area contributed by atoms with Crippen molar-refractivity contribution < 1.29 is 4.79 Å². The van der Waals surface area contributed by atoms with Gasteiger partial charge in [-0.3, -0.25) is 14.2 Å². The normalized spacial score (nSPS) is 22.8. The van der Waals surface area contributed by atoms with Crippen LogP contribution in [0.5, 0.6) is 0 Å². The zero-order chi connectivity index (χ0) is 16.4. The van der Waals surface area contributed by atoms with Gasteiger partial charge in [0.2, 0.25) is 5.91 Å². The van der Waals surface area contributed by atoms with E-state index in [4.69, 9.17) is 0 Å². The summed E-state index contributed by atoms with van der Waals surface area (Å²) in [7, 11) is 1.88. The van der Waals surface area contributed by atoms with Crippen LogP contribution in [-0.4, -0.2) is 37.6 Å². The van der Waals surface area contributed by atoms with Crippen LogP contribution in [0.3, 0.4) is 0 Å². The van der Waals surface area contributed by atoms with Crippen molar-refractivity contribution in [2.24, 2.45) is 7.05 Å². The van der Waals surface area contributed by atoms with E-state index in [9.17, 15) is 4.79 Å². The summed E-state index contributed by atoms with van der Waals surface area (Å²) in [5.74, 6) is 0.0977. The van der Waals surface area contributed by atoms with Crippen molar-refractivity contribution in [2.45, 2.75) is 44.4 Å². The molecule has 0 bridgehead atoms. The molecule has 2 N–H and O–H groups in total. The van der Waals surface area contributed by atoms with Crippen molar-refractivity contribution in [2.75, 3.05) is 0 Å². The Hall–Kier alpha value is -1.67. The van der Waals surface area contributed by atoms with Gasteiger partial charge in [0, 0.05) is 43.5 Å². The van der Waals surface area contributed by atoms with E-state index in [0.717, 1.165) is 23.0 Å². The van der Waals surface area contributed by atoms with Gasteiger partial charge in [0.05, 0.1) is 29.5 Å². The van der Waals surface area contributed by atoms with E-state index < -0.39 is 0 Å². The average molecular weight is 381 g/mol. The van der Waals surface area contributed by atoms with E-state index in [-0.39, 0.29) is 24.0 Å². The Morgan fingerprint density at radius 3 is 2.91 bits per heavy atom. The van der Waals surface area contributed by atoms with E-state index in [1.54, 1.807) is 10.9 Å². The molecule has 1 amide bonds. The van der Waals surface area contributed by atoms with Gasteiger partial charge in [-0.2, -0.15) is 10.2 Å². The minimum absolute atomic E-state index is 0.0447. The van der Waals surface area contributed by atoms with E-state index in [1.807, 2.05) is 30.3 Å². The number of hydrogen-bond acceptors (Lipinski definition) is 4. The molecular weight excluding hydrogens is 360 g/mol. The topological polar surface area (TPSA) is 76.8 Å². The fourth-order valence-electron chi connectivity index (χ4n) is 3.03. The average Bonchev–Trinajstić information content (AvgIpc) is 3.09. The Bertz CT molecular complexity index is 681. The first-order valence-electron chi connectivity index (χ1n) is 7.73. The van der Waals surface area contributed by atoms with Gasteiger partial charge in [0.15, 0.2) is 0 Å². The zero-order valence-electron chi connectivity index (χ0n) is 13.2. The molecule has 0 radical (unpaired) electrons. The highest BCUT2D eigenvalue weighted by molar-refractivity contribution is 9.10. The van der Waals surface area contributed by atoms with Gasteiger partial charge >= 0.3 is 0 Å². The summed E-state index contributed by atoms with van der Waals surface area (Å²) in [5.41, 5.74) is 1.03. The first-order chi connectivity index (χ1) is 11.0. The standard InChI is InChI=1S/C15H21BrN6O/c1-10(7-22-9-12(16)6-18-22)19-13-3-4-14(23)20-15(13)11-5-17-21(2)8-11/h5-6,8-10,13,15,19H,3-4,7H2,1-2H3,(H,20,23)/t10-,13-,15+/m1/s1. The third kappa shape index (κ3) is 4.00. The monoisotopic (exact) mass is 380 g/mol. The smallest absolute Gasteiger partial charge is 0.220 e. The zero-order valence-corrected chi connectivity index (χ0v) is 14.8. The van der Waals surface area contributed by atoms with Crippen molar-refractivity contribution in [3.8, 4) is 0 Å². The van der Waals surface area contributed by atoms with Crippen LogP contribution >= 0.6 is 15.9 Å². The molecule has 3 heterocycles. The SMILES string of the molecule is C[C@H](Cn1cc(Br)cn1)N[C@@H]1CCC(=O)N[C@H]1c1cnn(C)c1. The molecule has 1 fully saturated rings. The van der Waals surface area contributed by atoms with Gasteiger partial charge in [-0.1, -0.05) is 0 Å². The number of carbonyl (C=O) groups is 1. The van der Waals surface area contributed by atoms with Gasteiger partial charge in [0.1, 0.15) is 0 Å². The maximum atomic E-state index is 11.8. The Morgan fingerprint density at radius 1 is 1.43 bits per heavy atom. The predicted octanol–water partition coefficient (Wildman–Crippen LogP) is 1.38. The lowest BCUT2D eigenvalue weighted by Crippen LogP contribution is -2.51. The number of aryl methyl sites for hydroxylation is 1. The van der Waals surface area contributed by atoms with Gasteiger partial charge in [0.25, 0.3) is 0 Å². The third-order valence-electron chi connectivity index (χ3n) is 4.05. The minimum Gasteiger partial charge on any atom is -0.348 e. The molecule has 2 aromatic heterocycles. The molecule has 1 aliphatic heterocycles. The lowest BCUT2D eigenvalue weighted by molar-refractivity contribution is -0.124. The molecule has 0 aliphatic carbocycles. The summed E-state index contributed by atoms with van der Waals surface area (Å²) in [6, 6.07) is 0.378. The molecule has 124 valence electrons. The summed E-state index contributed by atoms with van der Waals surface area (Å²) in [6.07, 6.45) is 8.89. The molecule has 3 rings (SSSR count). The first-order valence-corrected chi connectivity index (χ1v) is 8.52. The van der Waals surface area contributed by atoms with E-state index in [0.29, 0.717) is 6.42 Å². The maximum absolute atomic E-state index is 11.8. The number of rotatable bonds is 5. The highest BCUT2D eigenvalue weighted by atomic mass is 79.9. The number of aromatic nitrogens is 4. The number of piperidine rings is 1. The van der Waals surface area contributed by atoms with Gasteiger partial charge in [-0.25, -0.2) is 0 Å². The first kappa shape index (κ1) is 16.2. The summed E-state index contributed by atoms with van der Waals surface area (Å²) in [4.78, 5) is 11.8. The number of hydrogen-bond donors (Lipinski definition) is 2. The number of amides is 1. The number of nitrogens with one attached hydrogen (secondary N) is 2. The molecule has 23 heavy (non-hydrogen) atoms. The second kappa shape index (κ2) is 6.84. The Morgan fingerprint density at radius 2 is 2.26 bits per heavy atom. The van der Waals surface area contributed by atoms with E-state index in [2.05, 4.69) is 43.7 Å². The van der Waals surface area contributed by atoms with Gasteiger partial charge < -0.3 is 10.6 Å². The Kier molecular flexibility index (Phi) is 4.82. The highest BCUT2D eigenvalue weighted by Crippen LogP contribution is 2.24. The van der Waals surface area contributed by atoms with Crippen molar-refractivity contribution in [3.05, 3.63) is 34.8 Å². The van der Waals surface area contributed by atoms with E-state index in [1.165, 1.54) is 0 Å². The number of nitrogens with zero attached hydrogens (tertiary/aromatic N) is 4. The molecule has 0 saturated carbocycles. The van der Waals surface area contributed by atoms with Crippen LogP contribution in [0, 0.1) is 0 Å². The molecule has 8 heteroatoms. The lowest BCUT2D eigenvalue weighted by atomic mass is 9.93. The Balaban J connectivity index is 1.67. The number of carbonyl (C=O) groups excluding carboxylic acids is 1. The van der Waals surface area contributed by atoms with Gasteiger partial charge in [-0.05, 0) is 29.3 Å². The van der Waals surface area contributed by atoms with E-state index >= 15 is 0 Å². The fourth-order valence-corrected chi connectivity index (χ4v) is 3.36. The highest BCUT2D eigenvalue weighted by Gasteiger charge is 2.31. The van der Waals surface area contributed by atoms with Crippen LogP contribution in [-0.2, 0) is 18.4 Å². The molecular formula is C15H21BrN6O. The lowest BCUT2D eigenvalue weighted by Gasteiger charge is -2.34. The van der Waals surface area contributed by atoms with Crippen LogP contribution in [0.4, 0.5) is 0 Å². The second-order valence-electron chi connectivity index (χ2n) is 6.09. The largest absolute Gasteiger partial charge is 0.348 e. The predicted molar refractivity (Wildman–Crippen MR) is 89.6 cm³/mol. The summed E-state index contributed by atoms with van der Waals surface area (Å²) in [6.45, 7) is 2.90. The maximum Gasteiger partial charge on any atom is 0.220 e. The van der Waals surface area contributed by atoms with Crippen molar-refractivity contribution in [1.82, 2.24) is 30.2 Å². The molecule has 1 saturated heterocycles. The third-order valence-corrected chi connectivity index (χ3v) is 4.46. The van der Waals surface area contributed by atoms with Crippen LogP contribution in [0.25, 0.3) is 0 Å². The molecule has 2 aromatic rings. The Labute approximate surface area is 143 Å². The van der Waals surface area contributed by atoms with Gasteiger partial charge in [-0.15, -0.1) is 0 Å². The van der Waals surface area contributed by atoms with Crippen LogP contribution in [0.1, 0.15) is 31.4 Å². The van der Waals surface area contributed by atoms with Crippen LogP contribution < -0.4 is 10.6 Å². The summed E-state index contributed by atoms with van der Waals surface area (Å²) in [5, 5.41) is 15.2.